The van der Waals surface area contributed by atoms with Crippen LogP contribution in [0.1, 0.15) is 26.3 Å². The van der Waals surface area contributed by atoms with Crippen LogP contribution in [-0.4, -0.2) is 35.8 Å². The van der Waals surface area contributed by atoms with Gasteiger partial charge in [0.1, 0.15) is 12.2 Å². The minimum atomic E-state index is -0.605. The van der Waals surface area contributed by atoms with Crippen LogP contribution in [0.5, 0.6) is 0 Å². The zero-order valence-electron chi connectivity index (χ0n) is 11.7. The summed E-state index contributed by atoms with van der Waals surface area (Å²) in [7, 11) is 0. The molecule has 4 nitrogen and oxygen atoms in total. The van der Waals surface area contributed by atoms with Crippen molar-refractivity contribution in [2.45, 2.75) is 51.5 Å². The zero-order valence-corrected chi connectivity index (χ0v) is 11.7. The van der Waals surface area contributed by atoms with Gasteiger partial charge >= 0.3 is 0 Å². The molecule has 0 aromatic heterocycles. The van der Waals surface area contributed by atoms with Crippen LogP contribution in [0, 0.1) is 0 Å². The Kier molecular flexibility index (Phi) is 4.58. The van der Waals surface area contributed by atoms with Gasteiger partial charge in [-0.05, 0) is 26.3 Å². The van der Waals surface area contributed by atoms with E-state index in [0.717, 1.165) is 5.56 Å². The van der Waals surface area contributed by atoms with Crippen LogP contribution >= 0.6 is 0 Å². The van der Waals surface area contributed by atoms with E-state index >= 15 is 0 Å². The molecule has 2 rings (SSSR count). The maximum absolute atomic E-state index is 9.86. The minimum absolute atomic E-state index is 0.237. The topological polar surface area (TPSA) is 47.9 Å². The van der Waals surface area contributed by atoms with Gasteiger partial charge in [0, 0.05) is 0 Å². The van der Waals surface area contributed by atoms with E-state index in [0.29, 0.717) is 13.2 Å². The van der Waals surface area contributed by atoms with Crippen LogP contribution in [0.2, 0.25) is 0 Å². The summed E-state index contributed by atoms with van der Waals surface area (Å²) in [5, 5.41) is 9.86. The predicted molar refractivity (Wildman–Crippen MR) is 71.6 cm³/mol. The van der Waals surface area contributed by atoms with Crippen LogP contribution in [0.3, 0.4) is 0 Å². The highest BCUT2D eigenvalue weighted by Crippen LogP contribution is 2.27. The van der Waals surface area contributed by atoms with Gasteiger partial charge < -0.3 is 19.3 Å². The molecule has 1 N–H and O–H groups in total. The lowest BCUT2D eigenvalue weighted by molar-refractivity contribution is -0.170. The molecule has 19 heavy (non-hydrogen) atoms. The summed E-state index contributed by atoms with van der Waals surface area (Å²) >= 11 is 0. The Morgan fingerprint density at radius 1 is 1.37 bits per heavy atom. The van der Waals surface area contributed by atoms with E-state index in [1.165, 1.54) is 0 Å². The first-order valence-electron chi connectivity index (χ1n) is 6.63. The average molecular weight is 266 g/mol. The van der Waals surface area contributed by atoms with Gasteiger partial charge in [-0.3, -0.25) is 0 Å². The summed E-state index contributed by atoms with van der Waals surface area (Å²) in [4.78, 5) is 0. The molecule has 3 atom stereocenters. The lowest BCUT2D eigenvalue weighted by Gasteiger charge is -2.26. The van der Waals surface area contributed by atoms with E-state index in [-0.39, 0.29) is 12.2 Å². The molecule has 0 radical (unpaired) electrons. The quantitative estimate of drug-likeness (QED) is 0.886. The van der Waals surface area contributed by atoms with Gasteiger partial charge in [-0.2, -0.15) is 0 Å². The van der Waals surface area contributed by atoms with E-state index in [2.05, 4.69) is 0 Å². The summed E-state index contributed by atoms with van der Waals surface area (Å²) in [6.45, 7) is 6.34. The van der Waals surface area contributed by atoms with Gasteiger partial charge in [0.05, 0.1) is 19.3 Å². The second-order valence-corrected chi connectivity index (χ2v) is 5.37. The van der Waals surface area contributed by atoms with Crippen molar-refractivity contribution < 1.29 is 19.3 Å². The fraction of sp³-hybridized carbons (Fsp3) is 0.600. The van der Waals surface area contributed by atoms with Crippen molar-refractivity contribution in [3.05, 3.63) is 35.9 Å². The average Bonchev–Trinajstić information content (AvgIpc) is 2.71. The molecule has 106 valence electrons. The molecule has 1 aliphatic heterocycles. The molecule has 0 aliphatic carbocycles. The first kappa shape index (κ1) is 14.5. The highest BCUT2D eigenvalue weighted by Gasteiger charge is 2.39. The smallest absolute Gasteiger partial charge is 0.163 e. The Morgan fingerprint density at radius 2 is 2.05 bits per heavy atom. The molecule has 1 unspecified atom stereocenters. The SMILES string of the molecule is CC(O)[C@@H](OCc1ccccc1)[C@H]1COC(C)(C)O1. The molecule has 1 aliphatic rings. The molecule has 1 heterocycles. The van der Waals surface area contributed by atoms with Crippen LogP contribution in [0.4, 0.5) is 0 Å². The van der Waals surface area contributed by atoms with Gasteiger partial charge in [-0.15, -0.1) is 0 Å². The summed E-state index contributed by atoms with van der Waals surface area (Å²) in [5.41, 5.74) is 1.08. The number of hydrogen-bond donors (Lipinski definition) is 1. The highest BCUT2D eigenvalue weighted by atomic mass is 16.7. The van der Waals surface area contributed by atoms with Crippen molar-refractivity contribution in [1.29, 1.82) is 0 Å². The van der Waals surface area contributed by atoms with Crippen molar-refractivity contribution >= 4 is 0 Å². The Morgan fingerprint density at radius 3 is 2.58 bits per heavy atom. The second kappa shape index (κ2) is 6.01. The fourth-order valence-electron chi connectivity index (χ4n) is 2.20. The van der Waals surface area contributed by atoms with Crippen molar-refractivity contribution in [1.82, 2.24) is 0 Å². The molecule has 1 saturated heterocycles. The number of benzene rings is 1. The largest absolute Gasteiger partial charge is 0.391 e. The van der Waals surface area contributed by atoms with Crippen molar-refractivity contribution in [2.75, 3.05) is 6.61 Å². The Hall–Kier alpha value is -0.940. The summed E-state index contributed by atoms with van der Waals surface area (Å²) < 4.78 is 17.1. The molecular weight excluding hydrogens is 244 g/mol. The number of hydrogen-bond acceptors (Lipinski definition) is 4. The van der Waals surface area contributed by atoms with E-state index in [4.69, 9.17) is 14.2 Å². The maximum Gasteiger partial charge on any atom is 0.163 e. The molecule has 0 bridgehead atoms. The summed E-state index contributed by atoms with van der Waals surface area (Å²) in [5.74, 6) is -0.603. The first-order chi connectivity index (χ1) is 8.98. The molecule has 0 spiro atoms. The zero-order chi connectivity index (χ0) is 13.9. The number of aliphatic hydroxyl groups excluding tert-OH is 1. The third-order valence-electron chi connectivity index (χ3n) is 3.16. The Labute approximate surface area is 114 Å². The standard InChI is InChI=1S/C15H22O4/c1-11(16)14(13-10-18-15(2,3)19-13)17-9-12-7-5-4-6-8-12/h4-8,11,13-14,16H,9-10H2,1-3H3/t11?,13-,14-/m1/s1. The van der Waals surface area contributed by atoms with Crippen molar-refractivity contribution in [2.24, 2.45) is 0 Å². The van der Waals surface area contributed by atoms with Gasteiger partial charge in [-0.1, -0.05) is 30.3 Å². The van der Waals surface area contributed by atoms with Crippen LogP contribution < -0.4 is 0 Å². The molecule has 4 heteroatoms. The fourth-order valence-corrected chi connectivity index (χ4v) is 2.20. The number of ether oxygens (including phenoxy) is 3. The second-order valence-electron chi connectivity index (χ2n) is 5.37. The first-order valence-corrected chi connectivity index (χ1v) is 6.63. The molecular formula is C15H22O4. The minimum Gasteiger partial charge on any atom is -0.391 e. The third-order valence-corrected chi connectivity index (χ3v) is 3.16. The Bertz CT molecular complexity index is 388. The van der Waals surface area contributed by atoms with E-state index in [1.807, 2.05) is 44.2 Å². The number of rotatable bonds is 5. The molecule has 0 saturated carbocycles. The Balaban J connectivity index is 1.94. The number of aliphatic hydroxyl groups is 1. The van der Waals surface area contributed by atoms with Crippen LogP contribution in [-0.2, 0) is 20.8 Å². The summed E-state index contributed by atoms with van der Waals surface area (Å²) in [6.07, 6.45) is -1.23. The van der Waals surface area contributed by atoms with E-state index in [1.54, 1.807) is 6.92 Å². The van der Waals surface area contributed by atoms with Crippen LogP contribution in [0.15, 0.2) is 30.3 Å². The lowest BCUT2D eigenvalue weighted by atomic mass is 10.1. The van der Waals surface area contributed by atoms with E-state index in [9.17, 15) is 5.11 Å². The lowest BCUT2D eigenvalue weighted by Crippen LogP contribution is -2.40. The highest BCUT2D eigenvalue weighted by molar-refractivity contribution is 5.13. The molecule has 1 aromatic rings. The van der Waals surface area contributed by atoms with Gasteiger partial charge in [0.2, 0.25) is 0 Å². The van der Waals surface area contributed by atoms with Gasteiger partial charge in [-0.25, -0.2) is 0 Å². The molecule has 1 fully saturated rings. The van der Waals surface area contributed by atoms with Crippen molar-refractivity contribution in [3.63, 3.8) is 0 Å². The molecule has 0 amide bonds. The van der Waals surface area contributed by atoms with Crippen molar-refractivity contribution in [3.8, 4) is 0 Å². The maximum atomic E-state index is 9.86. The predicted octanol–water partition coefficient (Wildman–Crippen LogP) is 2.10. The third kappa shape index (κ3) is 4.01. The molecule has 1 aromatic carbocycles. The summed E-state index contributed by atoms with van der Waals surface area (Å²) in [6, 6.07) is 9.89. The van der Waals surface area contributed by atoms with Gasteiger partial charge in [0.15, 0.2) is 5.79 Å². The van der Waals surface area contributed by atoms with E-state index < -0.39 is 11.9 Å². The monoisotopic (exact) mass is 266 g/mol. The normalized spacial score (nSPS) is 25.2. The van der Waals surface area contributed by atoms with Crippen LogP contribution in [0.25, 0.3) is 0 Å². The van der Waals surface area contributed by atoms with Gasteiger partial charge in [0.25, 0.3) is 0 Å².